The molecule has 4 aliphatic rings. The monoisotopic (exact) mass is 530 g/mol. The molecule has 9 heteroatoms. The normalized spacial score (nSPS) is 27.5. The van der Waals surface area contributed by atoms with Crippen LogP contribution in [0.2, 0.25) is 0 Å². The third-order valence-electron chi connectivity index (χ3n) is 8.76. The van der Waals surface area contributed by atoms with E-state index in [1.807, 2.05) is 36.7 Å². The van der Waals surface area contributed by atoms with Crippen LogP contribution in [0.15, 0.2) is 53.5 Å². The van der Waals surface area contributed by atoms with Crippen LogP contribution in [0.25, 0.3) is 0 Å². The number of rotatable bonds is 6. The van der Waals surface area contributed by atoms with E-state index >= 15 is 0 Å². The average molecular weight is 531 g/mol. The largest absolute Gasteiger partial charge is 0.383 e. The summed E-state index contributed by atoms with van der Waals surface area (Å²) in [6, 6.07) is 15.8. The maximum atomic E-state index is 14.1. The summed E-state index contributed by atoms with van der Waals surface area (Å²) in [7, 11) is 1.73. The van der Waals surface area contributed by atoms with Crippen LogP contribution < -0.4 is 20.9 Å². The first-order valence-corrected chi connectivity index (χ1v) is 14.2. The number of ether oxygens (including phenoxy) is 1. The predicted molar refractivity (Wildman–Crippen MR) is 153 cm³/mol. The third kappa shape index (κ3) is 5.20. The van der Waals surface area contributed by atoms with Gasteiger partial charge in [-0.05, 0) is 55.2 Å². The number of aliphatic imine (C=N–C) groups is 1. The van der Waals surface area contributed by atoms with Crippen molar-refractivity contribution in [2.45, 2.75) is 50.2 Å². The van der Waals surface area contributed by atoms with E-state index in [0.29, 0.717) is 12.5 Å². The number of methoxy groups -OCH3 is 1. The van der Waals surface area contributed by atoms with E-state index in [1.165, 1.54) is 5.56 Å². The van der Waals surface area contributed by atoms with E-state index < -0.39 is 0 Å². The molecule has 2 aromatic rings. The minimum Gasteiger partial charge on any atom is -0.383 e. The molecule has 0 bridgehead atoms. The zero-order chi connectivity index (χ0) is 26.8. The Bertz CT molecular complexity index is 1220. The molecule has 3 heterocycles. The van der Waals surface area contributed by atoms with Gasteiger partial charge in [0, 0.05) is 49.2 Å². The highest BCUT2D eigenvalue weighted by Gasteiger charge is 2.48. The first-order chi connectivity index (χ1) is 19.1. The summed E-state index contributed by atoms with van der Waals surface area (Å²) in [5.41, 5.74) is 4.05. The van der Waals surface area contributed by atoms with Gasteiger partial charge in [0.15, 0.2) is 0 Å². The molecule has 206 valence electrons. The zero-order valence-corrected chi connectivity index (χ0v) is 22.5. The molecule has 9 nitrogen and oxygen atoms in total. The van der Waals surface area contributed by atoms with Crippen molar-refractivity contribution < 1.29 is 14.3 Å². The molecule has 0 aromatic heterocycles. The number of amides is 3. The van der Waals surface area contributed by atoms with Crippen molar-refractivity contribution in [1.29, 1.82) is 0 Å². The number of para-hydroxylation sites is 1. The Hall–Kier alpha value is -3.59. The molecule has 1 aliphatic carbocycles. The van der Waals surface area contributed by atoms with Gasteiger partial charge >= 0.3 is 6.03 Å². The molecule has 3 N–H and O–H groups in total. The SMILES string of the molecule is COC[C@@H]1Nc2ccccc2[C@H]2[C@@H]1CCN2C(=O)[C@H]1CCCC[C@H]1NC(=O)Nc1ccc(N2C=NCC2)cc1. The second-order valence-corrected chi connectivity index (χ2v) is 11.1. The molecule has 0 radical (unpaired) electrons. The number of fused-ring (bicyclic) bond motifs is 3. The molecule has 3 amide bonds. The van der Waals surface area contributed by atoms with Gasteiger partial charge in [0.1, 0.15) is 0 Å². The van der Waals surface area contributed by atoms with Crippen molar-refractivity contribution in [3.05, 3.63) is 54.1 Å². The van der Waals surface area contributed by atoms with E-state index in [0.717, 1.165) is 68.8 Å². The minimum absolute atomic E-state index is 0.0330. The van der Waals surface area contributed by atoms with E-state index in [9.17, 15) is 9.59 Å². The Kier molecular flexibility index (Phi) is 7.41. The Balaban J connectivity index is 1.14. The number of nitrogens with zero attached hydrogens (tertiary/aromatic N) is 3. The van der Waals surface area contributed by atoms with Crippen LogP contribution in [0.5, 0.6) is 0 Å². The van der Waals surface area contributed by atoms with Crippen LogP contribution in [0.1, 0.15) is 43.7 Å². The molecule has 0 unspecified atom stereocenters. The van der Waals surface area contributed by atoms with E-state index in [4.69, 9.17) is 4.74 Å². The molecule has 2 aromatic carbocycles. The number of urea groups is 1. The summed E-state index contributed by atoms with van der Waals surface area (Å²) in [6.45, 7) is 3.02. The molecule has 6 rings (SSSR count). The van der Waals surface area contributed by atoms with Gasteiger partial charge in [-0.1, -0.05) is 31.0 Å². The van der Waals surface area contributed by atoms with E-state index in [-0.39, 0.29) is 36.0 Å². The lowest BCUT2D eigenvalue weighted by Gasteiger charge is -2.41. The van der Waals surface area contributed by atoms with Gasteiger partial charge in [-0.25, -0.2) is 4.79 Å². The molecule has 3 aliphatic heterocycles. The Morgan fingerprint density at radius 2 is 1.87 bits per heavy atom. The highest BCUT2D eigenvalue weighted by atomic mass is 16.5. The molecule has 39 heavy (non-hydrogen) atoms. The molecule has 2 fully saturated rings. The number of hydrogen-bond donors (Lipinski definition) is 3. The predicted octanol–water partition coefficient (Wildman–Crippen LogP) is 4.25. The van der Waals surface area contributed by atoms with Gasteiger partial charge in [-0.15, -0.1) is 0 Å². The highest BCUT2D eigenvalue weighted by Crippen LogP contribution is 2.47. The molecule has 0 spiro atoms. The van der Waals surface area contributed by atoms with Crippen LogP contribution in [0.3, 0.4) is 0 Å². The summed E-state index contributed by atoms with van der Waals surface area (Å²) in [4.78, 5) is 35.6. The smallest absolute Gasteiger partial charge is 0.319 e. The number of anilines is 3. The van der Waals surface area contributed by atoms with Gasteiger partial charge in [0.2, 0.25) is 5.91 Å². The lowest BCUT2D eigenvalue weighted by atomic mass is 9.81. The lowest BCUT2D eigenvalue weighted by molar-refractivity contribution is -0.138. The van der Waals surface area contributed by atoms with Gasteiger partial charge < -0.3 is 30.5 Å². The van der Waals surface area contributed by atoms with E-state index in [1.54, 1.807) is 7.11 Å². The summed E-state index contributed by atoms with van der Waals surface area (Å²) < 4.78 is 5.53. The van der Waals surface area contributed by atoms with Gasteiger partial charge in [0.25, 0.3) is 0 Å². The van der Waals surface area contributed by atoms with Crippen LogP contribution in [-0.4, -0.2) is 68.6 Å². The quantitative estimate of drug-likeness (QED) is 0.519. The van der Waals surface area contributed by atoms with Crippen LogP contribution in [0.4, 0.5) is 21.9 Å². The molecular weight excluding hydrogens is 492 g/mol. The molecule has 5 atom stereocenters. The van der Waals surface area contributed by atoms with Crippen molar-refractivity contribution in [2.75, 3.05) is 48.9 Å². The Morgan fingerprint density at radius 1 is 1.05 bits per heavy atom. The van der Waals surface area contributed by atoms with Crippen LogP contribution in [-0.2, 0) is 9.53 Å². The van der Waals surface area contributed by atoms with Crippen LogP contribution in [0, 0.1) is 11.8 Å². The first-order valence-electron chi connectivity index (χ1n) is 14.2. The van der Waals surface area contributed by atoms with Crippen molar-refractivity contribution in [3.8, 4) is 0 Å². The Labute approximate surface area is 230 Å². The number of benzene rings is 2. The third-order valence-corrected chi connectivity index (χ3v) is 8.76. The fraction of sp³-hybridized carbons (Fsp3) is 0.500. The summed E-state index contributed by atoms with van der Waals surface area (Å²) >= 11 is 0. The zero-order valence-electron chi connectivity index (χ0n) is 22.5. The Morgan fingerprint density at radius 3 is 2.67 bits per heavy atom. The number of likely N-dealkylation sites (tertiary alicyclic amines) is 1. The number of carbonyl (C=O) groups is 2. The average Bonchev–Trinajstić information content (AvgIpc) is 3.65. The van der Waals surface area contributed by atoms with Crippen molar-refractivity contribution >= 4 is 35.3 Å². The fourth-order valence-electron chi connectivity index (χ4n) is 6.88. The minimum atomic E-state index is -0.262. The van der Waals surface area contributed by atoms with Gasteiger partial charge in [-0.3, -0.25) is 9.79 Å². The maximum Gasteiger partial charge on any atom is 0.319 e. The summed E-state index contributed by atoms with van der Waals surface area (Å²) in [5.74, 6) is 0.247. The van der Waals surface area contributed by atoms with E-state index in [2.05, 4.69) is 48.9 Å². The number of carbonyl (C=O) groups excluding carboxylic acids is 2. The van der Waals surface area contributed by atoms with Gasteiger partial charge in [-0.2, -0.15) is 0 Å². The fourth-order valence-corrected chi connectivity index (χ4v) is 6.88. The highest BCUT2D eigenvalue weighted by molar-refractivity contribution is 5.91. The maximum absolute atomic E-state index is 14.1. The molecule has 1 saturated heterocycles. The van der Waals surface area contributed by atoms with Gasteiger partial charge in [0.05, 0.1) is 37.5 Å². The number of hydrogen-bond acceptors (Lipinski definition) is 6. The first kappa shape index (κ1) is 25.7. The van der Waals surface area contributed by atoms with Crippen molar-refractivity contribution in [2.24, 2.45) is 16.8 Å². The molecular formula is C30H38N6O3. The van der Waals surface area contributed by atoms with Crippen molar-refractivity contribution in [1.82, 2.24) is 10.2 Å². The second-order valence-electron chi connectivity index (χ2n) is 11.1. The summed E-state index contributed by atoms with van der Waals surface area (Å²) in [5, 5.41) is 9.76. The van der Waals surface area contributed by atoms with Crippen molar-refractivity contribution in [3.63, 3.8) is 0 Å². The topological polar surface area (TPSA) is 98.3 Å². The second kappa shape index (κ2) is 11.3. The van der Waals surface area contributed by atoms with Crippen LogP contribution >= 0.6 is 0 Å². The lowest BCUT2D eigenvalue weighted by Crippen LogP contribution is -2.51. The number of nitrogens with one attached hydrogen (secondary N) is 3. The summed E-state index contributed by atoms with van der Waals surface area (Å²) in [6.07, 6.45) is 6.41. The standard InChI is InChI=1S/C30H38N6O3/c1-39-18-27-23-14-16-36(28(23)22-6-2-4-8-25(22)33-27)29(37)24-7-3-5-9-26(24)34-30(38)32-20-10-12-21(13-11-20)35-17-15-31-19-35/h2,4,6,8,10-13,19,23-24,26-28,33H,3,5,7,9,14-18H2,1H3,(H2,32,34,38)/t23-,24+,26-,27+,28+/m1/s1. The molecule has 1 saturated carbocycles.